The Bertz CT molecular complexity index is 501. The molecule has 2 heterocycles. The fourth-order valence-electron chi connectivity index (χ4n) is 2.49. The fourth-order valence-corrected chi connectivity index (χ4v) is 2.49. The topological polar surface area (TPSA) is 21.1 Å². The van der Waals surface area contributed by atoms with Crippen molar-refractivity contribution < 1.29 is 0 Å². The van der Waals surface area contributed by atoms with Crippen LogP contribution >= 0.6 is 0 Å². The zero-order valence-corrected chi connectivity index (χ0v) is 10.1. The lowest BCUT2D eigenvalue weighted by atomic mass is 10.1. The van der Waals surface area contributed by atoms with Crippen molar-refractivity contribution in [3.05, 3.63) is 53.6 Å². The quantitative estimate of drug-likeness (QED) is 0.782. The Kier molecular flexibility index (Phi) is 2.69. The van der Waals surface area contributed by atoms with Crippen molar-refractivity contribution in [1.29, 1.82) is 0 Å². The van der Waals surface area contributed by atoms with Gasteiger partial charge in [-0.25, -0.2) is 4.98 Å². The summed E-state index contributed by atoms with van der Waals surface area (Å²) < 4.78 is 2.15. The summed E-state index contributed by atoms with van der Waals surface area (Å²) >= 11 is 0. The second-order valence-electron chi connectivity index (χ2n) is 4.70. The van der Waals surface area contributed by atoms with E-state index in [1.54, 1.807) is 0 Å². The van der Waals surface area contributed by atoms with E-state index in [0.717, 1.165) is 26.1 Å². The number of benzene rings is 1. The third-order valence-corrected chi connectivity index (χ3v) is 3.43. The van der Waals surface area contributed by atoms with Gasteiger partial charge in [-0.1, -0.05) is 30.3 Å². The summed E-state index contributed by atoms with van der Waals surface area (Å²) in [5.74, 6) is 0. The van der Waals surface area contributed by atoms with Crippen molar-refractivity contribution in [3.63, 3.8) is 0 Å². The third-order valence-electron chi connectivity index (χ3n) is 3.43. The van der Waals surface area contributed by atoms with Gasteiger partial charge in [0, 0.05) is 38.8 Å². The van der Waals surface area contributed by atoms with Crippen LogP contribution in [0.5, 0.6) is 0 Å². The van der Waals surface area contributed by atoms with Gasteiger partial charge < -0.3 is 4.57 Å². The monoisotopic (exact) mass is 227 g/mol. The van der Waals surface area contributed by atoms with Gasteiger partial charge in [0.15, 0.2) is 0 Å². The molecule has 88 valence electrons. The van der Waals surface area contributed by atoms with Crippen LogP contribution in [0, 0.1) is 0 Å². The minimum absolute atomic E-state index is 0.977. The van der Waals surface area contributed by atoms with Crippen LogP contribution in [0.25, 0.3) is 0 Å². The Labute approximate surface area is 102 Å². The predicted octanol–water partition coefficient (Wildman–Crippen LogP) is 1.98. The summed E-state index contributed by atoms with van der Waals surface area (Å²) in [6, 6.07) is 10.6. The minimum atomic E-state index is 0.977. The Hall–Kier alpha value is -1.61. The molecule has 0 unspecified atom stereocenters. The van der Waals surface area contributed by atoms with Gasteiger partial charge in [-0.3, -0.25) is 4.90 Å². The molecule has 0 spiro atoms. The van der Waals surface area contributed by atoms with Crippen molar-refractivity contribution >= 4 is 0 Å². The molecule has 0 atom stereocenters. The largest absolute Gasteiger partial charge is 0.337 e. The van der Waals surface area contributed by atoms with Crippen LogP contribution in [0.3, 0.4) is 0 Å². The van der Waals surface area contributed by atoms with Crippen molar-refractivity contribution in [1.82, 2.24) is 14.5 Å². The van der Waals surface area contributed by atoms with Crippen LogP contribution in [0.2, 0.25) is 0 Å². The van der Waals surface area contributed by atoms with Crippen LogP contribution in [0.1, 0.15) is 17.0 Å². The van der Waals surface area contributed by atoms with E-state index in [1.807, 2.05) is 6.33 Å². The molecule has 1 aliphatic rings. The van der Waals surface area contributed by atoms with Crippen molar-refractivity contribution in [2.75, 3.05) is 6.54 Å². The molecule has 0 aliphatic carbocycles. The highest BCUT2D eigenvalue weighted by atomic mass is 15.2. The zero-order valence-electron chi connectivity index (χ0n) is 10.1. The number of imidazole rings is 1. The number of hydrogen-bond acceptors (Lipinski definition) is 2. The van der Waals surface area contributed by atoms with Crippen LogP contribution in [0.15, 0.2) is 36.7 Å². The number of fused-ring (bicyclic) bond motifs is 1. The highest BCUT2D eigenvalue weighted by Gasteiger charge is 2.19. The maximum atomic E-state index is 4.47. The zero-order chi connectivity index (χ0) is 11.7. The van der Waals surface area contributed by atoms with E-state index in [9.17, 15) is 0 Å². The molecule has 3 rings (SSSR count). The smallest absolute Gasteiger partial charge is 0.0949 e. The first-order valence-corrected chi connectivity index (χ1v) is 6.08. The Morgan fingerprint density at radius 1 is 1.24 bits per heavy atom. The van der Waals surface area contributed by atoms with Gasteiger partial charge in [-0.05, 0) is 5.56 Å². The van der Waals surface area contributed by atoms with Gasteiger partial charge in [0.25, 0.3) is 0 Å². The second kappa shape index (κ2) is 4.34. The summed E-state index contributed by atoms with van der Waals surface area (Å²) in [5, 5.41) is 0. The van der Waals surface area contributed by atoms with E-state index in [-0.39, 0.29) is 0 Å². The molecule has 0 N–H and O–H groups in total. The normalized spacial score (nSPS) is 15.8. The van der Waals surface area contributed by atoms with E-state index >= 15 is 0 Å². The molecule has 0 saturated heterocycles. The lowest BCUT2D eigenvalue weighted by molar-refractivity contribution is 0.240. The van der Waals surface area contributed by atoms with Crippen LogP contribution in [-0.2, 0) is 26.6 Å². The van der Waals surface area contributed by atoms with Gasteiger partial charge in [-0.15, -0.1) is 0 Å². The molecule has 0 amide bonds. The highest BCUT2D eigenvalue weighted by molar-refractivity contribution is 5.18. The molecule has 1 aromatic heterocycles. The molecule has 17 heavy (non-hydrogen) atoms. The molecule has 1 aliphatic heterocycles. The molecule has 0 radical (unpaired) electrons. The van der Waals surface area contributed by atoms with Gasteiger partial charge in [0.1, 0.15) is 0 Å². The Balaban J connectivity index is 1.72. The number of hydrogen-bond donors (Lipinski definition) is 0. The molecule has 0 fully saturated rings. The molecule has 2 aromatic rings. The summed E-state index contributed by atoms with van der Waals surface area (Å²) in [7, 11) is 2.08. The molecular formula is C14H17N3. The van der Waals surface area contributed by atoms with Crippen LogP contribution in [0.4, 0.5) is 0 Å². The summed E-state index contributed by atoms with van der Waals surface area (Å²) in [6.45, 7) is 3.13. The van der Waals surface area contributed by atoms with E-state index < -0.39 is 0 Å². The maximum absolute atomic E-state index is 4.47. The lowest BCUT2D eigenvalue weighted by Gasteiger charge is -2.26. The summed E-state index contributed by atoms with van der Waals surface area (Å²) in [6.07, 6.45) is 3.04. The third kappa shape index (κ3) is 2.11. The standard InChI is InChI=1S/C14H17N3/c1-16-11-15-13-10-17(8-7-14(13)16)9-12-5-3-2-4-6-12/h2-6,11H,7-10H2,1H3. The first-order valence-electron chi connectivity index (χ1n) is 6.08. The predicted molar refractivity (Wildman–Crippen MR) is 67.5 cm³/mol. The van der Waals surface area contributed by atoms with Crippen molar-refractivity contribution in [2.45, 2.75) is 19.5 Å². The summed E-state index contributed by atoms with van der Waals surface area (Å²) in [4.78, 5) is 6.93. The first kappa shape index (κ1) is 10.5. The Morgan fingerprint density at radius 2 is 2.06 bits per heavy atom. The van der Waals surface area contributed by atoms with Gasteiger partial charge in [0.05, 0.1) is 12.0 Å². The molecule has 1 aromatic carbocycles. The number of aromatic nitrogens is 2. The average molecular weight is 227 g/mol. The molecular weight excluding hydrogens is 210 g/mol. The minimum Gasteiger partial charge on any atom is -0.337 e. The average Bonchev–Trinajstić information content (AvgIpc) is 2.72. The lowest BCUT2D eigenvalue weighted by Crippen LogP contribution is -2.30. The molecule has 0 saturated carbocycles. The highest BCUT2D eigenvalue weighted by Crippen LogP contribution is 2.18. The van der Waals surface area contributed by atoms with E-state index in [0.29, 0.717) is 0 Å². The Morgan fingerprint density at radius 3 is 2.88 bits per heavy atom. The van der Waals surface area contributed by atoms with E-state index in [4.69, 9.17) is 0 Å². The molecule has 3 heteroatoms. The molecule has 3 nitrogen and oxygen atoms in total. The number of nitrogens with zero attached hydrogens (tertiary/aromatic N) is 3. The molecule has 0 bridgehead atoms. The van der Waals surface area contributed by atoms with Crippen molar-refractivity contribution in [2.24, 2.45) is 7.05 Å². The van der Waals surface area contributed by atoms with E-state index in [1.165, 1.54) is 17.0 Å². The SMILES string of the molecule is Cn1cnc2c1CCN(Cc1ccccc1)C2. The van der Waals surface area contributed by atoms with Crippen LogP contribution < -0.4 is 0 Å². The fraction of sp³-hybridized carbons (Fsp3) is 0.357. The van der Waals surface area contributed by atoms with Gasteiger partial charge >= 0.3 is 0 Å². The number of aryl methyl sites for hydroxylation is 1. The van der Waals surface area contributed by atoms with Gasteiger partial charge in [-0.2, -0.15) is 0 Å². The summed E-state index contributed by atoms with van der Waals surface area (Å²) in [5.41, 5.74) is 4.02. The second-order valence-corrected chi connectivity index (χ2v) is 4.70. The van der Waals surface area contributed by atoms with E-state index in [2.05, 4.69) is 51.8 Å². The van der Waals surface area contributed by atoms with Crippen LogP contribution in [-0.4, -0.2) is 21.0 Å². The number of rotatable bonds is 2. The van der Waals surface area contributed by atoms with Gasteiger partial charge in [0.2, 0.25) is 0 Å². The first-order chi connectivity index (χ1) is 8.33. The maximum Gasteiger partial charge on any atom is 0.0949 e. The van der Waals surface area contributed by atoms with Crippen molar-refractivity contribution in [3.8, 4) is 0 Å².